The molecule has 2 atom stereocenters. The molecular formula is C43H41Br2N3O2. The number of halogens is 2. The van der Waals surface area contributed by atoms with Crippen molar-refractivity contribution >= 4 is 43.3 Å². The van der Waals surface area contributed by atoms with Crippen LogP contribution in [0.4, 0.5) is 0 Å². The van der Waals surface area contributed by atoms with E-state index >= 15 is 0 Å². The fraction of sp³-hybridized carbons (Fsp3) is 0.279. The van der Waals surface area contributed by atoms with Crippen LogP contribution in [0.5, 0.6) is 0 Å². The van der Waals surface area contributed by atoms with Crippen molar-refractivity contribution in [1.29, 1.82) is 0 Å². The van der Waals surface area contributed by atoms with E-state index in [1.165, 1.54) is 0 Å². The molecule has 0 saturated carbocycles. The zero-order valence-corrected chi connectivity index (χ0v) is 32.4. The molecule has 254 valence electrons. The molecule has 7 heteroatoms. The topological polar surface area (TPSA) is 56.1 Å². The first kappa shape index (κ1) is 34.7. The monoisotopic (exact) mass is 789 g/mol. The average molecular weight is 792 g/mol. The molecule has 5 aromatic rings. The first-order valence-electron chi connectivity index (χ1n) is 17.0. The molecule has 0 fully saturated rings. The normalized spacial score (nSPS) is 20.0. The summed E-state index contributed by atoms with van der Waals surface area (Å²) in [5, 5.41) is 0. The van der Waals surface area contributed by atoms with E-state index in [4.69, 9.17) is 24.4 Å². The Labute approximate surface area is 312 Å². The number of ether oxygens (including phenoxy) is 2. The fourth-order valence-corrected chi connectivity index (χ4v) is 8.61. The van der Waals surface area contributed by atoms with E-state index in [1.54, 1.807) is 0 Å². The van der Waals surface area contributed by atoms with Crippen LogP contribution in [-0.4, -0.2) is 16.4 Å². The molecule has 0 aliphatic carbocycles. The summed E-state index contributed by atoms with van der Waals surface area (Å²) in [7, 11) is 0. The quantitative estimate of drug-likeness (QED) is 0.172. The Hall–Kier alpha value is -3.75. The van der Waals surface area contributed by atoms with Gasteiger partial charge in [-0.3, -0.25) is 9.98 Å². The molecule has 2 aliphatic heterocycles. The summed E-state index contributed by atoms with van der Waals surface area (Å²) in [5.74, 6) is 0. The van der Waals surface area contributed by atoms with Crippen LogP contribution in [0.1, 0.15) is 87.6 Å². The number of hydrogen-bond donors (Lipinski definition) is 0. The van der Waals surface area contributed by atoms with Gasteiger partial charge in [-0.1, -0.05) is 163 Å². The molecule has 0 bridgehead atoms. The van der Waals surface area contributed by atoms with Crippen molar-refractivity contribution in [2.75, 3.05) is 0 Å². The summed E-state index contributed by atoms with van der Waals surface area (Å²) >= 11 is 7.68. The predicted octanol–water partition coefficient (Wildman–Crippen LogP) is 11.5. The standard InChI is InChI=1S/C43H41Br2N3O2/c1-40(2,3)38-42(28-19-11-7-12-20-28,29-21-13-8-14-22-29)49-36(47-38)34-32(44)27-33(45)35(46-34)37-48-39(41(4,5)6)43(50-37,30-23-15-9-16-24-30)31-25-17-10-18-26-31/h7-27,36-37H,1-6H3. The van der Waals surface area contributed by atoms with Crippen molar-refractivity contribution in [3.8, 4) is 0 Å². The molecule has 1 aromatic heterocycles. The van der Waals surface area contributed by atoms with Crippen LogP contribution in [0.2, 0.25) is 0 Å². The van der Waals surface area contributed by atoms with Crippen LogP contribution in [0.3, 0.4) is 0 Å². The number of nitrogens with zero attached hydrogens (tertiary/aromatic N) is 3. The predicted molar refractivity (Wildman–Crippen MR) is 208 cm³/mol. The van der Waals surface area contributed by atoms with Crippen LogP contribution in [0.25, 0.3) is 0 Å². The smallest absolute Gasteiger partial charge is 0.194 e. The maximum Gasteiger partial charge on any atom is 0.194 e. The largest absolute Gasteiger partial charge is 0.329 e. The third-order valence-corrected chi connectivity index (χ3v) is 10.6. The number of benzene rings is 4. The molecule has 50 heavy (non-hydrogen) atoms. The summed E-state index contributed by atoms with van der Waals surface area (Å²) in [6.45, 7) is 13.1. The van der Waals surface area contributed by atoms with E-state index in [0.29, 0.717) is 11.4 Å². The minimum Gasteiger partial charge on any atom is -0.329 e. The highest BCUT2D eigenvalue weighted by Crippen LogP contribution is 2.53. The highest BCUT2D eigenvalue weighted by Gasteiger charge is 2.54. The third-order valence-electron chi connectivity index (χ3n) is 9.33. The third kappa shape index (κ3) is 5.92. The summed E-state index contributed by atoms with van der Waals surface area (Å²) < 4.78 is 16.1. The van der Waals surface area contributed by atoms with Gasteiger partial charge in [-0.2, -0.15) is 0 Å². The Morgan fingerprint density at radius 1 is 0.480 bits per heavy atom. The van der Waals surface area contributed by atoms with Gasteiger partial charge in [0.15, 0.2) is 23.7 Å². The second-order valence-electron chi connectivity index (χ2n) is 14.9. The number of aliphatic imine (C=N–C) groups is 2. The highest BCUT2D eigenvalue weighted by molar-refractivity contribution is 9.11. The second kappa shape index (κ2) is 13.1. The SMILES string of the molecule is CC(C)(C)C1=NC(c2nc(C3N=C(C(C)(C)C)C(c4ccccc4)(c4ccccc4)O3)c(Br)cc2Br)OC1(c1ccccc1)c1ccccc1. The van der Waals surface area contributed by atoms with Crippen molar-refractivity contribution in [3.63, 3.8) is 0 Å². The Bertz CT molecular complexity index is 1830. The van der Waals surface area contributed by atoms with E-state index in [2.05, 4.69) is 170 Å². The number of rotatable bonds is 6. The van der Waals surface area contributed by atoms with E-state index < -0.39 is 23.7 Å². The van der Waals surface area contributed by atoms with Gasteiger partial charge in [0, 0.05) is 19.8 Å². The van der Waals surface area contributed by atoms with Crippen LogP contribution in [0.15, 0.2) is 146 Å². The lowest BCUT2D eigenvalue weighted by molar-refractivity contribution is -0.0147. The van der Waals surface area contributed by atoms with Crippen LogP contribution in [-0.2, 0) is 20.7 Å². The maximum atomic E-state index is 7.25. The van der Waals surface area contributed by atoms with Crippen LogP contribution >= 0.6 is 31.9 Å². The van der Waals surface area contributed by atoms with Crippen molar-refractivity contribution < 1.29 is 9.47 Å². The Balaban J connectivity index is 1.39. The van der Waals surface area contributed by atoms with Crippen molar-refractivity contribution in [2.45, 2.75) is 65.2 Å². The summed E-state index contributed by atoms with van der Waals surface area (Å²) in [6.07, 6.45) is -1.40. The number of pyridine rings is 1. The van der Waals surface area contributed by atoms with Gasteiger partial charge in [-0.15, -0.1) is 0 Å². The van der Waals surface area contributed by atoms with Crippen molar-refractivity contribution in [1.82, 2.24) is 4.98 Å². The molecule has 0 amide bonds. The average Bonchev–Trinajstić information content (AvgIpc) is 3.73. The number of hydrogen-bond acceptors (Lipinski definition) is 5. The van der Waals surface area contributed by atoms with Gasteiger partial charge >= 0.3 is 0 Å². The highest BCUT2D eigenvalue weighted by atomic mass is 79.9. The molecular weight excluding hydrogens is 750 g/mol. The molecule has 5 nitrogen and oxygen atoms in total. The number of aromatic nitrogens is 1. The lowest BCUT2D eigenvalue weighted by Crippen LogP contribution is -2.43. The minimum atomic E-state index is -0.920. The zero-order chi connectivity index (χ0) is 35.3. The van der Waals surface area contributed by atoms with Crippen molar-refractivity contribution in [2.24, 2.45) is 20.8 Å². The lowest BCUT2D eigenvalue weighted by Gasteiger charge is -2.37. The van der Waals surface area contributed by atoms with Gasteiger partial charge in [0.2, 0.25) is 0 Å². The molecule has 4 aromatic carbocycles. The van der Waals surface area contributed by atoms with Gasteiger partial charge in [0.25, 0.3) is 0 Å². The molecule has 0 radical (unpaired) electrons. The van der Waals surface area contributed by atoms with Gasteiger partial charge in [-0.25, -0.2) is 4.98 Å². The zero-order valence-electron chi connectivity index (χ0n) is 29.2. The Morgan fingerprint density at radius 2 is 0.760 bits per heavy atom. The molecule has 7 rings (SSSR count). The van der Waals surface area contributed by atoms with E-state index in [0.717, 1.165) is 42.6 Å². The Morgan fingerprint density at radius 3 is 1.02 bits per heavy atom. The van der Waals surface area contributed by atoms with Gasteiger partial charge in [0.05, 0.1) is 11.4 Å². The first-order chi connectivity index (χ1) is 23.9. The van der Waals surface area contributed by atoms with E-state index in [9.17, 15) is 0 Å². The minimum absolute atomic E-state index is 0.323. The summed E-state index contributed by atoms with van der Waals surface area (Å²) in [4.78, 5) is 16.1. The molecule has 0 saturated heterocycles. The lowest BCUT2D eigenvalue weighted by atomic mass is 9.72. The summed E-state index contributed by atoms with van der Waals surface area (Å²) in [6, 6.07) is 43.5. The van der Waals surface area contributed by atoms with Gasteiger partial charge in [0.1, 0.15) is 11.4 Å². The molecule has 2 unspecified atom stereocenters. The van der Waals surface area contributed by atoms with Crippen molar-refractivity contribution in [3.05, 3.63) is 170 Å². The van der Waals surface area contributed by atoms with E-state index in [-0.39, 0.29) is 10.8 Å². The molecule has 0 spiro atoms. The van der Waals surface area contributed by atoms with Gasteiger partial charge < -0.3 is 9.47 Å². The first-order valence-corrected chi connectivity index (χ1v) is 18.6. The van der Waals surface area contributed by atoms with Gasteiger partial charge in [-0.05, 0) is 60.2 Å². The van der Waals surface area contributed by atoms with E-state index in [1.807, 2.05) is 30.3 Å². The molecule has 2 aliphatic rings. The van der Waals surface area contributed by atoms with Crippen LogP contribution in [0, 0.1) is 10.8 Å². The maximum absolute atomic E-state index is 7.25. The fourth-order valence-electron chi connectivity index (χ4n) is 7.28. The summed E-state index contributed by atoms with van der Waals surface area (Å²) in [5.41, 5.74) is 4.77. The Kier molecular flexibility index (Phi) is 9.09. The molecule has 3 heterocycles. The van der Waals surface area contributed by atoms with Crippen LogP contribution < -0.4 is 0 Å². The second-order valence-corrected chi connectivity index (χ2v) is 16.7. The molecule has 0 N–H and O–H groups in total.